The minimum absolute atomic E-state index is 0.185. The SMILES string of the molecule is COC(=O)C[C@H]1C2(C)CC34OC5(C)OC6(C7/C(=C(/O)C(C)C)C(=O)O[C@@H](c8ccoc8)[C@]7(C)C(OC(C)=O)[C@@H](OC(C)=O)C6(O5)[C@]13C)[C@H](OC(C)=O)[C@@]4(O)C2OC(=O)C(C)C. The Kier molecular flexibility index (Phi) is 9.21. The van der Waals surface area contributed by atoms with Crippen LogP contribution in [0.4, 0.5) is 0 Å². The molecule has 4 heterocycles. The van der Waals surface area contributed by atoms with Gasteiger partial charge in [0.15, 0.2) is 35.1 Å². The maximum atomic E-state index is 15.0. The Hall–Kier alpha value is -4.52. The van der Waals surface area contributed by atoms with Gasteiger partial charge in [0.05, 0.1) is 36.5 Å². The van der Waals surface area contributed by atoms with Crippen molar-refractivity contribution < 1.29 is 86.0 Å². The number of hydrogen-bond acceptors (Lipinski definition) is 18. The molecule has 1 aromatic heterocycles. The van der Waals surface area contributed by atoms with E-state index in [1.54, 1.807) is 48.5 Å². The Balaban J connectivity index is 1.62. The largest absolute Gasteiger partial charge is 0.511 e. The first kappa shape index (κ1) is 43.1. The molecule has 1 aromatic rings. The summed E-state index contributed by atoms with van der Waals surface area (Å²) in [5.74, 6) is -12.4. The standard InChI is InChI=1S/C43H54O18/c1-18(2)27(48)26-28-37(9,29(57-33(26)50)23-13-14-53-16-23)30(54-20(5)44)31(55-21(6)45)43-38(10)24(15-25(47)52-12)36(8)17-40(38)41(51,34(36)58-32(49)19(3)4)35(56-22(7)46)42(28,43)60-39(11,59-40)61-43/h13-14,16,18-19,24,28-31,34-35,48,51H,15,17H2,1-12H3/b27-26-/t24-,28?,29-,30?,31+,34?,35+,36?,37+,38+,39?,40?,41-,42?,43?/m0/s1. The van der Waals surface area contributed by atoms with Gasteiger partial charge in [-0.05, 0) is 18.4 Å². The lowest BCUT2D eigenvalue weighted by atomic mass is 9.32. The molecule has 15 atom stereocenters. The van der Waals surface area contributed by atoms with Crippen LogP contribution in [0.1, 0.15) is 101 Å². The number of methoxy groups -OCH3 is 1. The van der Waals surface area contributed by atoms with Gasteiger partial charge in [-0.25, -0.2) is 4.79 Å². The lowest BCUT2D eigenvalue weighted by Gasteiger charge is -2.78. The van der Waals surface area contributed by atoms with Crippen molar-refractivity contribution >= 4 is 35.8 Å². The summed E-state index contributed by atoms with van der Waals surface area (Å²) in [7, 11) is 1.19. The molecule has 4 aliphatic carbocycles. The Labute approximate surface area is 351 Å². The monoisotopic (exact) mass is 858 g/mol. The summed E-state index contributed by atoms with van der Waals surface area (Å²) in [5, 5.41) is 26.6. The van der Waals surface area contributed by atoms with E-state index >= 15 is 0 Å². The van der Waals surface area contributed by atoms with Crippen molar-refractivity contribution in [1.29, 1.82) is 0 Å². The Morgan fingerprint density at radius 2 is 1.48 bits per heavy atom. The third kappa shape index (κ3) is 4.77. The van der Waals surface area contributed by atoms with Gasteiger partial charge in [-0.3, -0.25) is 24.0 Å². The van der Waals surface area contributed by atoms with E-state index in [0.29, 0.717) is 0 Å². The molecule has 8 unspecified atom stereocenters. The molecule has 334 valence electrons. The number of aliphatic hydroxyl groups excluding tert-OH is 1. The number of allylic oxidation sites excluding steroid dienone is 1. The van der Waals surface area contributed by atoms with Crippen molar-refractivity contribution in [2.75, 3.05) is 7.11 Å². The summed E-state index contributed by atoms with van der Waals surface area (Å²) >= 11 is 0. The molecule has 0 radical (unpaired) electrons. The first-order chi connectivity index (χ1) is 28.3. The summed E-state index contributed by atoms with van der Waals surface area (Å²) in [5.41, 5.74) is -15.1. The molecule has 3 saturated heterocycles. The number of cyclic esters (lactones) is 1. The molecule has 61 heavy (non-hydrogen) atoms. The van der Waals surface area contributed by atoms with E-state index in [1.807, 2.05) is 0 Å². The van der Waals surface area contributed by atoms with Crippen LogP contribution in [-0.2, 0) is 71.4 Å². The summed E-state index contributed by atoms with van der Waals surface area (Å²) in [6.45, 7) is 16.1. The number of hydrogen-bond donors (Lipinski definition) is 2. The molecular weight excluding hydrogens is 804 g/mol. The van der Waals surface area contributed by atoms with E-state index in [0.717, 1.165) is 20.8 Å². The fraction of sp³-hybridized carbons (Fsp3) is 0.721. The van der Waals surface area contributed by atoms with Crippen molar-refractivity contribution in [3.63, 3.8) is 0 Å². The average Bonchev–Trinajstić information content (AvgIpc) is 3.86. The van der Waals surface area contributed by atoms with Crippen LogP contribution >= 0.6 is 0 Å². The molecule has 2 spiro atoms. The predicted octanol–water partition coefficient (Wildman–Crippen LogP) is 3.67. The number of furan rings is 1. The van der Waals surface area contributed by atoms with Crippen molar-refractivity contribution in [3.05, 3.63) is 35.5 Å². The molecule has 18 heteroatoms. The van der Waals surface area contributed by atoms with Gasteiger partial charge in [0.2, 0.25) is 0 Å². The Morgan fingerprint density at radius 1 is 0.852 bits per heavy atom. The van der Waals surface area contributed by atoms with Crippen LogP contribution in [0, 0.1) is 39.9 Å². The zero-order valence-electron chi connectivity index (χ0n) is 36.3. The zero-order chi connectivity index (χ0) is 45.0. The first-order valence-electron chi connectivity index (χ1n) is 20.5. The summed E-state index contributed by atoms with van der Waals surface area (Å²) in [6.07, 6.45) is -6.67. The highest BCUT2D eigenvalue weighted by Crippen LogP contribution is 2.90. The predicted molar refractivity (Wildman–Crippen MR) is 201 cm³/mol. The van der Waals surface area contributed by atoms with E-state index < -0.39 is 152 Å². The van der Waals surface area contributed by atoms with Gasteiger partial charge in [-0.2, -0.15) is 0 Å². The molecule has 7 aliphatic rings. The van der Waals surface area contributed by atoms with E-state index in [9.17, 15) is 39.0 Å². The van der Waals surface area contributed by atoms with Gasteiger partial charge in [0.25, 0.3) is 5.97 Å². The van der Waals surface area contributed by atoms with Crippen LogP contribution in [0.25, 0.3) is 0 Å². The van der Waals surface area contributed by atoms with E-state index in [2.05, 4.69) is 0 Å². The molecule has 8 rings (SSSR count). The minimum Gasteiger partial charge on any atom is -0.511 e. The number of rotatable bonds is 9. The number of ether oxygens (including phenoxy) is 9. The van der Waals surface area contributed by atoms with Crippen LogP contribution in [0.5, 0.6) is 0 Å². The number of esters is 6. The summed E-state index contributed by atoms with van der Waals surface area (Å²) in [6, 6.07) is 1.51. The summed E-state index contributed by atoms with van der Waals surface area (Å²) in [4.78, 5) is 83.8. The highest BCUT2D eigenvalue weighted by molar-refractivity contribution is 5.92. The highest BCUT2D eigenvalue weighted by Gasteiger charge is 3.07. The Bertz CT molecular complexity index is 2150. The lowest BCUT2D eigenvalue weighted by molar-refractivity contribution is -0.490. The molecule has 7 fully saturated rings. The lowest BCUT2D eigenvalue weighted by Crippen LogP contribution is -2.97. The number of fused-ring (bicyclic) bond motifs is 3. The summed E-state index contributed by atoms with van der Waals surface area (Å²) < 4.78 is 64.1. The van der Waals surface area contributed by atoms with Gasteiger partial charge >= 0.3 is 35.8 Å². The first-order valence-corrected chi connectivity index (χ1v) is 20.5. The van der Waals surface area contributed by atoms with Gasteiger partial charge < -0.3 is 57.3 Å². The van der Waals surface area contributed by atoms with Gasteiger partial charge in [0.1, 0.15) is 23.6 Å². The average molecular weight is 859 g/mol. The molecule has 4 saturated carbocycles. The molecule has 0 amide bonds. The van der Waals surface area contributed by atoms with Gasteiger partial charge in [-0.1, -0.05) is 48.5 Å². The topological polar surface area (TPSA) is 239 Å². The van der Waals surface area contributed by atoms with Crippen LogP contribution in [0.3, 0.4) is 0 Å². The molecular formula is C43H54O18. The van der Waals surface area contributed by atoms with Crippen molar-refractivity contribution in [2.24, 2.45) is 39.9 Å². The second kappa shape index (κ2) is 13.0. The van der Waals surface area contributed by atoms with E-state index in [1.165, 1.54) is 32.6 Å². The molecule has 4 bridgehead atoms. The van der Waals surface area contributed by atoms with Crippen LogP contribution in [-0.4, -0.2) is 106 Å². The quantitative estimate of drug-likeness (QED) is 0.156. The highest BCUT2D eigenvalue weighted by atomic mass is 16.9. The molecule has 18 nitrogen and oxygen atoms in total. The molecule has 3 aliphatic heterocycles. The number of carbonyl (C=O) groups is 6. The second-order valence-corrected chi connectivity index (χ2v) is 19.2. The van der Waals surface area contributed by atoms with Crippen LogP contribution < -0.4 is 0 Å². The van der Waals surface area contributed by atoms with Gasteiger partial charge in [0, 0.05) is 62.3 Å². The zero-order valence-corrected chi connectivity index (χ0v) is 36.3. The van der Waals surface area contributed by atoms with Gasteiger partial charge in [-0.15, -0.1) is 0 Å². The fourth-order valence-electron chi connectivity index (χ4n) is 13.7. The Morgan fingerprint density at radius 3 is 2.02 bits per heavy atom. The van der Waals surface area contributed by atoms with E-state index in [4.69, 9.17) is 47.0 Å². The third-order valence-electron chi connectivity index (χ3n) is 15.3. The minimum atomic E-state index is -2.63. The maximum absolute atomic E-state index is 15.0. The fourth-order valence-corrected chi connectivity index (χ4v) is 13.7. The molecule has 2 N–H and O–H groups in total. The van der Waals surface area contributed by atoms with Crippen LogP contribution in [0.15, 0.2) is 34.3 Å². The van der Waals surface area contributed by atoms with Crippen molar-refractivity contribution in [3.8, 4) is 0 Å². The van der Waals surface area contributed by atoms with E-state index in [-0.39, 0.29) is 12.0 Å². The third-order valence-corrected chi connectivity index (χ3v) is 15.3. The normalized spacial score (nSPS) is 46.7. The maximum Gasteiger partial charge on any atom is 0.338 e. The van der Waals surface area contributed by atoms with Crippen molar-refractivity contribution in [1.82, 2.24) is 0 Å². The van der Waals surface area contributed by atoms with Crippen molar-refractivity contribution in [2.45, 2.75) is 148 Å². The van der Waals surface area contributed by atoms with Crippen LogP contribution in [0.2, 0.25) is 0 Å². The number of aliphatic hydroxyl groups is 2. The smallest absolute Gasteiger partial charge is 0.338 e. The second-order valence-electron chi connectivity index (χ2n) is 19.2. The molecule has 0 aromatic carbocycles. The number of carbonyl (C=O) groups excluding carboxylic acids is 6.